The molecule has 0 radical (unpaired) electrons. The zero-order valence-corrected chi connectivity index (χ0v) is 10.9. The lowest BCUT2D eigenvalue weighted by Gasteiger charge is -2.02. The molecule has 1 rings (SSSR count). The van der Waals surface area contributed by atoms with Crippen LogP contribution in [0.4, 0.5) is 0 Å². The number of hydrogen-bond acceptors (Lipinski definition) is 3. The van der Waals surface area contributed by atoms with Gasteiger partial charge in [-0.3, -0.25) is 4.79 Å². The first kappa shape index (κ1) is 14.3. The average molecular weight is 262 g/mol. The zero-order chi connectivity index (χ0) is 13.5. The van der Waals surface area contributed by atoms with Crippen molar-refractivity contribution in [3.8, 4) is 0 Å². The van der Waals surface area contributed by atoms with Gasteiger partial charge in [-0.25, -0.2) is 4.79 Å². The summed E-state index contributed by atoms with van der Waals surface area (Å²) in [4.78, 5) is 22.9. The molecule has 0 saturated heterocycles. The Bertz CT molecular complexity index is 486. The summed E-state index contributed by atoms with van der Waals surface area (Å²) in [6, 6.07) is 7.06. The third-order valence-electron chi connectivity index (χ3n) is 2.00. The Morgan fingerprint density at radius 1 is 1.28 bits per heavy atom. The van der Waals surface area contributed by atoms with Crippen LogP contribution < -0.4 is 0 Å². The molecule has 0 amide bonds. The maximum Gasteiger partial charge on any atom is 0.328 e. The molecule has 1 aromatic carbocycles. The molecule has 0 aliphatic carbocycles. The van der Waals surface area contributed by atoms with E-state index in [1.54, 1.807) is 23.9 Å². The van der Waals surface area contributed by atoms with Crippen LogP contribution in [-0.2, 0) is 4.79 Å². The largest absolute Gasteiger partial charge is 0.478 e. The number of ketones is 1. The highest BCUT2D eigenvalue weighted by Gasteiger charge is 2.02. The highest BCUT2D eigenvalue weighted by atomic mass is 32.2. The quantitative estimate of drug-likeness (QED) is 0.370. The summed E-state index contributed by atoms with van der Waals surface area (Å²) in [5.74, 6) is -0.600. The van der Waals surface area contributed by atoms with Crippen LogP contribution in [0, 0.1) is 0 Å². The molecular formula is C14H14O3S. The number of thioether (sulfide) groups is 1. The van der Waals surface area contributed by atoms with E-state index in [0.717, 1.165) is 28.4 Å². The second kappa shape index (κ2) is 6.81. The summed E-state index contributed by atoms with van der Waals surface area (Å²) < 4.78 is 0. The number of hydrogen-bond donors (Lipinski definition) is 1. The average Bonchev–Trinajstić information content (AvgIpc) is 2.34. The number of carboxylic acid groups (broad SMARTS) is 1. The third kappa shape index (κ3) is 5.01. The van der Waals surface area contributed by atoms with Crippen molar-refractivity contribution in [2.24, 2.45) is 0 Å². The van der Waals surface area contributed by atoms with Gasteiger partial charge < -0.3 is 5.11 Å². The molecule has 0 spiro atoms. The minimum Gasteiger partial charge on any atom is -0.478 e. The normalized spacial score (nSPS) is 10.5. The lowest BCUT2D eigenvalue weighted by molar-refractivity contribution is -0.131. The first-order chi connectivity index (χ1) is 8.49. The van der Waals surface area contributed by atoms with Crippen LogP contribution in [0.25, 0.3) is 0 Å². The Morgan fingerprint density at radius 3 is 2.39 bits per heavy atom. The summed E-state index contributed by atoms with van der Waals surface area (Å²) in [6.45, 7) is 5.78. The Labute approximate surface area is 110 Å². The van der Waals surface area contributed by atoms with Gasteiger partial charge in [-0.1, -0.05) is 12.2 Å². The fourth-order valence-electron chi connectivity index (χ4n) is 1.17. The van der Waals surface area contributed by atoms with Crippen molar-refractivity contribution in [2.45, 2.75) is 11.8 Å². The fraction of sp³-hybridized carbons (Fsp3) is 0.143. The van der Waals surface area contributed by atoms with E-state index in [-0.39, 0.29) is 5.78 Å². The second-order valence-electron chi connectivity index (χ2n) is 3.81. The number of aliphatic carboxylic acids is 1. The molecule has 1 N–H and O–H groups in total. The summed E-state index contributed by atoms with van der Waals surface area (Å²) in [7, 11) is 0. The fourth-order valence-corrected chi connectivity index (χ4v) is 1.91. The molecule has 0 heterocycles. The minimum absolute atomic E-state index is 0.311. The van der Waals surface area contributed by atoms with Crippen molar-refractivity contribution in [3.05, 3.63) is 54.1 Å². The molecule has 18 heavy (non-hydrogen) atoms. The molecular weight excluding hydrogens is 248 g/mol. The molecule has 0 unspecified atom stereocenters. The minimum atomic E-state index is -1.13. The lowest BCUT2D eigenvalue weighted by Crippen LogP contribution is -1.96. The van der Waals surface area contributed by atoms with Crippen LogP contribution >= 0.6 is 11.8 Å². The Balaban J connectivity index is 2.67. The molecule has 94 valence electrons. The van der Waals surface area contributed by atoms with Crippen LogP contribution in [0.5, 0.6) is 0 Å². The predicted octanol–water partition coefficient (Wildman–Crippen LogP) is 3.18. The van der Waals surface area contributed by atoms with Crippen LogP contribution in [0.15, 0.2) is 53.5 Å². The Kier molecular flexibility index (Phi) is 5.39. The first-order valence-electron chi connectivity index (χ1n) is 5.31. The van der Waals surface area contributed by atoms with Crippen molar-refractivity contribution < 1.29 is 14.7 Å². The van der Waals surface area contributed by atoms with E-state index >= 15 is 0 Å². The van der Waals surface area contributed by atoms with Gasteiger partial charge >= 0.3 is 5.97 Å². The van der Waals surface area contributed by atoms with Crippen molar-refractivity contribution in [1.29, 1.82) is 0 Å². The molecule has 0 aliphatic rings. The monoisotopic (exact) mass is 262 g/mol. The van der Waals surface area contributed by atoms with Crippen molar-refractivity contribution in [1.82, 2.24) is 0 Å². The molecule has 0 bridgehead atoms. The van der Waals surface area contributed by atoms with Gasteiger partial charge in [-0.2, -0.15) is 0 Å². The molecule has 0 atom stereocenters. The van der Waals surface area contributed by atoms with Crippen molar-refractivity contribution in [3.63, 3.8) is 0 Å². The zero-order valence-electron chi connectivity index (χ0n) is 10.1. The predicted molar refractivity (Wildman–Crippen MR) is 73.1 cm³/mol. The highest BCUT2D eigenvalue weighted by Crippen LogP contribution is 2.20. The third-order valence-corrected chi connectivity index (χ3v) is 3.24. The molecule has 4 heteroatoms. The molecule has 0 aromatic heterocycles. The van der Waals surface area contributed by atoms with Gasteiger partial charge in [0.2, 0.25) is 0 Å². The standard InChI is InChI=1S/C14H14O3S/c1-10(2)9-18-12-5-3-11(4-6-12)13(15)7-8-14(16)17/h3-8H,1,9H2,2H3,(H,16,17)/b8-7+. The van der Waals surface area contributed by atoms with E-state index in [2.05, 4.69) is 6.58 Å². The van der Waals surface area contributed by atoms with Gasteiger partial charge in [0.25, 0.3) is 0 Å². The molecule has 3 nitrogen and oxygen atoms in total. The van der Waals surface area contributed by atoms with E-state index < -0.39 is 5.97 Å². The number of allylic oxidation sites excluding steroid dienone is 1. The van der Waals surface area contributed by atoms with Crippen LogP contribution in [0.1, 0.15) is 17.3 Å². The number of carbonyl (C=O) groups is 2. The first-order valence-corrected chi connectivity index (χ1v) is 6.30. The van der Waals surface area contributed by atoms with Crippen LogP contribution in [0.2, 0.25) is 0 Å². The number of carboxylic acids is 1. The van der Waals surface area contributed by atoms with Crippen molar-refractivity contribution in [2.75, 3.05) is 5.75 Å². The van der Waals surface area contributed by atoms with Gasteiger partial charge in [0.05, 0.1) is 0 Å². The van der Waals surface area contributed by atoms with E-state index in [1.807, 2.05) is 19.1 Å². The van der Waals surface area contributed by atoms with Gasteiger partial charge in [-0.05, 0) is 37.3 Å². The number of rotatable bonds is 6. The highest BCUT2D eigenvalue weighted by molar-refractivity contribution is 7.99. The number of benzene rings is 1. The topological polar surface area (TPSA) is 54.4 Å². The van der Waals surface area contributed by atoms with Gasteiger partial charge in [0, 0.05) is 22.3 Å². The van der Waals surface area contributed by atoms with Crippen LogP contribution in [-0.4, -0.2) is 22.6 Å². The summed E-state index contributed by atoms with van der Waals surface area (Å²) in [5, 5.41) is 8.42. The second-order valence-corrected chi connectivity index (χ2v) is 4.85. The maximum atomic E-state index is 11.6. The van der Waals surface area contributed by atoms with Crippen LogP contribution in [0.3, 0.4) is 0 Å². The Hall–Kier alpha value is -1.81. The van der Waals surface area contributed by atoms with Gasteiger partial charge in [0.15, 0.2) is 5.78 Å². The van der Waals surface area contributed by atoms with E-state index in [1.165, 1.54) is 0 Å². The maximum absolute atomic E-state index is 11.6. The molecule has 0 fully saturated rings. The molecule has 1 aromatic rings. The van der Waals surface area contributed by atoms with E-state index in [4.69, 9.17) is 5.11 Å². The molecule has 0 saturated carbocycles. The van der Waals surface area contributed by atoms with E-state index in [0.29, 0.717) is 5.56 Å². The van der Waals surface area contributed by atoms with Crippen molar-refractivity contribution >= 4 is 23.5 Å². The summed E-state index contributed by atoms with van der Waals surface area (Å²) in [6.07, 6.45) is 1.89. The van der Waals surface area contributed by atoms with Gasteiger partial charge in [0.1, 0.15) is 0 Å². The SMILES string of the molecule is C=C(C)CSc1ccc(C(=O)/C=C/C(=O)O)cc1. The van der Waals surface area contributed by atoms with Gasteiger partial charge in [-0.15, -0.1) is 11.8 Å². The van der Waals surface area contributed by atoms with E-state index in [9.17, 15) is 9.59 Å². The smallest absolute Gasteiger partial charge is 0.328 e. The Morgan fingerprint density at radius 2 is 1.89 bits per heavy atom. The molecule has 0 aliphatic heterocycles. The lowest BCUT2D eigenvalue weighted by atomic mass is 10.1. The summed E-state index contributed by atoms with van der Waals surface area (Å²) >= 11 is 1.64. The number of carbonyl (C=O) groups excluding carboxylic acids is 1. The summed E-state index contributed by atoms with van der Waals surface area (Å²) in [5.41, 5.74) is 1.57.